The zero-order chi connectivity index (χ0) is 20.1. The molecule has 1 atom stereocenters. The number of hydrogen-bond acceptors (Lipinski definition) is 4. The summed E-state index contributed by atoms with van der Waals surface area (Å²) >= 11 is 1.68. The first-order valence-corrected chi connectivity index (χ1v) is 10.8. The maximum absolute atomic E-state index is 5.71. The second-order valence-corrected chi connectivity index (χ2v) is 6.52. The van der Waals surface area contributed by atoms with E-state index in [-0.39, 0.29) is 0 Å². The van der Waals surface area contributed by atoms with Crippen LogP contribution >= 0.6 is 11.9 Å². The van der Waals surface area contributed by atoms with E-state index in [0.29, 0.717) is 18.5 Å². The fraction of sp³-hybridized carbons (Fsp3) is 0.714. The Labute approximate surface area is 163 Å². The van der Waals surface area contributed by atoms with Crippen molar-refractivity contribution in [1.29, 1.82) is 0 Å². The van der Waals surface area contributed by atoms with Crippen molar-refractivity contribution < 1.29 is 0 Å². The fourth-order valence-corrected chi connectivity index (χ4v) is 2.28. The van der Waals surface area contributed by atoms with E-state index < -0.39 is 0 Å². The zero-order valence-electron chi connectivity index (χ0n) is 18.3. The van der Waals surface area contributed by atoms with Gasteiger partial charge in [0.15, 0.2) is 0 Å². The summed E-state index contributed by atoms with van der Waals surface area (Å²) in [5.74, 6) is 0.583. The highest BCUT2D eigenvalue weighted by molar-refractivity contribution is 7.97. The van der Waals surface area contributed by atoms with E-state index in [4.69, 9.17) is 5.73 Å². The van der Waals surface area contributed by atoms with Gasteiger partial charge in [-0.1, -0.05) is 79.5 Å². The minimum atomic E-state index is 0.413. The molecule has 0 bridgehead atoms. The molecule has 150 valence electrons. The summed E-state index contributed by atoms with van der Waals surface area (Å²) in [6.07, 6.45) is 1.25. The summed E-state index contributed by atoms with van der Waals surface area (Å²) < 4.78 is 3.35. The minimum Gasteiger partial charge on any atom is -0.329 e. The first kappa shape index (κ1) is 29.2. The van der Waals surface area contributed by atoms with Crippen LogP contribution in [-0.2, 0) is 0 Å². The number of nitrogens with one attached hydrogen (secondary N) is 2. The van der Waals surface area contributed by atoms with E-state index in [0.717, 1.165) is 13.1 Å². The highest BCUT2D eigenvalue weighted by Crippen LogP contribution is 2.14. The van der Waals surface area contributed by atoms with Gasteiger partial charge in [-0.05, 0) is 36.9 Å². The first-order valence-electron chi connectivity index (χ1n) is 9.94. The Morgan fingerprint density at radius 1 is 0.960 bits per heavy atom. The zero-order valence-corrected chi connectivity index (χ0v) is 19.1. The molecule has 0 aliphatic carbocycles. The molecule has 1 aromatic carbocycles. The normalized spacial score (nSPS) is 10.5. The van der Waals surface area contributed by atoms with Crippen molar-refractivity contribution in [1.82, 2.24) is 10.0 Å². The molecule has 4 N–H and O–H groups in total. The summed E-state index contributed by atoms with van der Waals surface area (Å²) in [6.45, 7) is 21.3. The van der Waals surface area contributed by atoms with Crippen LogP contribution in [0.4, 0.5) is 0 Å². The van der Waals surface area contributed by atoms with E-state index >= 15 is 0 Å². The molecule has 0 amide bonds. The average Bonchev–Trinajstić information content (AvgIpc) is 2.63. The van der Waals surface area contributed by atoms with Crippen LogP contribution in [0.5, 0.6) is 0 Å². The van der Waals surface area contributed by atoms with Crippen molar-refractivity contribution in [3.63, 3.8) is 0 Å². The molecule has 0 radical (unpaired) electrons. The van der Waals surface area contributed by atoms with E-state index in [1.165, 1.54) is 16.9 Å². The molecule has 0 aromatic heterocycles. The second-order valence-electron chi connectivity index (χ2n) is 5.56. The van der Waals surface area contributed by atoms with Gasteiger partial charge in [0.1, 0.15) is 0 Å². The lowest BCUT2D eigenvalue weighted by Gasteiger charge is -2.20. The van der Waals surface area contributed by atoms with E-state index in [9.17, 15) is 0 Å². The lowest BCUT2D eigenvalue weighted by atomic mass is 10.1. The standard InChI is InChI=1S/C14H25N3S.C3H8.2C2H6/c1-11(2)14(10-15)16-8-9-17-18-13-6-4-12(3)5-7-13;1-3-2;2*1-2/h4-7,11,14,16-17H,8-10,15H2,1-3H3;3H2,1-2H3;2*1-2H3. The minimum absolute atomic E-state index is 0.413. The van der Waals surface area contributed by atoms with Crippen LogP contribution in [-0.4, -0.2) is 25.7 Å². The van der Waals surface area contributed by atoms with Gasteiger partial charge in [0.05, 0.1) is 0 Å². The largest absolute Gasteiger partial charge is 0.329 e. The average molecular weight is 372 g/mol. The highest BCUT2D eigenvalue weighted by Gasteiger charge is 2.09. The SMILES string of the molecule is CC.CC.CCC.Cc1ccc(SNCCNC(CN)C(C)C)cc1. The van der Waals surface area contributed by atoms with Crippen LogP contribution in [0.25, 0.3) is 0 Å². The molecule has 25 heavy (non-hydrogen) atoms. The third-order valence-electron chi connectivity index (χ3n) is 2.90. The summed E-state index contributed by atoms with van der Waals surface area (Å²) in [7, 11) is 0. The number of benzene rings is 1. The molecule has 0 fully saturated rings. The topological polar surface area (TPSA) is 50.1 Å². The number of hydrogen-bond donors (Lipinski definition) is 3. The van der Waals surface area contributed by atoms with Crippen molar-refractivity contribution in [3.05, 3.63) is 29.8 Å². The van der Waals surface area contributed by atoms with Gasteiger partial charge in [0.25, 0.3) is 0 Å². The van der Waals surface area contributed by atoms with Gasteiger partial charge in [0.2, 0.25) is 0 Å². The van der Waals surface area contributed by atoms with Gasteiger partial charge in [0, 0.05) is 30.6 Å². The monoisotopic (exact) mass is 371 g/mol. The van der Waals surface area contributed by atoms with Crippen molar-refractivity contribution in [2.24, 2.45) is 11.7 Å². The van der Waals surface area contributed by atoms with Crippen LogP contribution in [0.3, 0.4) is 0 Å². The molecule has 1 aromatic rings. The van der Waals surface area contributed by atoms with Gasteiger partial charge >= 0.3 is 0 Å². The van der Waals surface area contributed by atoms with Crippen LogP contribution in [0.2, 0.25) is 0 Å². The Balaban J connectivity index is -0.000000605. The van der Waals surface area contributed by atoms with Gasteiger partial charge < -0.3 is 11.1 Å². The lowest BCUT2D eigenvalue weighted by molar-refractivity contribution is 0.409. The van der Waals surface area contributed by atoms with Crippen molar-refractivity contribution in [3.8, 4) is 0 Å². The summed E-state index contributed by atoms with van der Waals surface area (Å²) in [6, 6.07) is 8.95. The van der Waals surface area contributed by atoms with Gasteiger partial charge in [-0.3, -0.25) is 4.72 Å². The van der Waals surface area contributed by atoms with Gasteiger partial charge in [-0.15, -0.1) is 0 Å². The van der Waals surface area contributed by atoms with E-state index in [1.807, 2.05) is 27.7 Å². The lowest BCUT2D eigenvalue weighted by Crippen LogP contribution is -2.42. The van der Waals surface area contributed by atoms with Crippen LogP contribution in [0.1, 0.15) is 67.4 Å². The predicted molar refractivity (Wildman–Crippen MR) is 119 cm³/mol. The van der Waals surface area contributed by atoms with Crippen molar-refractivity contribution in [2.45, 2.75) is 79.7 Å². The molecular weight excluding hydrogens is 326 g/mol. The summed E-state index contributed by atoms with van der Waals surface area (Å²) in [5, 5.41) is 3.46. The van der Waals surface area contributed by atoms with Crippen molar-refractivity contribution >= 4 is 11.9 Å². The maximum atomic E-state index is 5.71. The molecule has 1 unspecified atom stereocenters. The summed E-state index contributed by atoms with van der Waals surface area (Å²) in [4.78, 5) is 1.25. The molecule has 0 spiro atoms. The number of nitrogens with two attached hydrogens (primary N) is 1. The third-order valence-corrected chi connectivity index (χ3v) is 3.76. The molecule has 0 heterocycles. The Morgan fingerprint density at radius 2 is 1.44 bits per heavy atom. The number of rotatable bonds is 8. The molecule has 0 aliphatic rings. The first-order chi connectivity index (χ1) is 12.0. The smallest absolute Gasteiger partial charge is 0.0228 e. The van der Waals surface area contributed by atoms with Crippen molar-refractivity contribution in [2.75, 3.05) is 19.6 Å². The molecule has 0 saturated carbocycles. The molecule has 0 saturated heterocycles. The molecule has 4 heteroatoms. The van der Waals surface area contributed by atoms with E-state index in [1.54, 1.807) is 11.9 Å². The summed E-state index contributed by atoms with van der Waals surface area (Å²) in [5.41, 5.74) is 7.00. The van der Waals surface area contributed by atoms with Gasteiger partial charge in [-0.2, -0.15) is 0 Å². The molecule has 1 rings (SSSR count). The van der Waals surface area contributed by atoms with E-state index in [2.05, 4.69) is 68.9 Å². The number of aryl methyl sites for hydroxylation is 1. The molecular formula is C21H45N3S. The Kier molecular flexibility index (Phi) is 27.4. The Morgan fingerprint density at radius 3 is 1.84 bits per heavy atom. The Hall–Kier alpha value is -0.550. The van der Waals surface area contributed by atoms with Crippen LogP contribution in [0, 0.1) is 12.8 Å². The highest BCUT2D eigenvalue weighted by atomic mass is 32.2. The third kappa shape index (κ3) is 19.6. The maximum Gasteiger partial charge on any atom is 0.0228 e. The Bertz CT molecular complexity index is 339. The predicted octanol–water partition coefficient (Wildman–Crippen LogP) is 5.63. The van der Waals surface area contributed by atoms with Crippen LogP contribution in [0.15, 0.2) is 29.2 Å². The molecule has 3 nitrogen and oxygen atoms in total. The quantitative estimate of drug-likeness (QED) is 0.409. The fourth-order valence-electron chi connectivity index (χ4n) is 1.64. The molecule has 0 aliphatic heterocycles. The van der Waals surface area contributed by atoms with Crippen LogP contribution < -0.4 is 15.8 Å². The second kappa shape index (κ2) is 23.4. The van der Waals surface area contributed by atoms with Gasteiger partial charge in [-0.25, -0.2) is 0 Å².